The minimum absolute atomic E-state index is 0.241. The van der Waals surface area contributed by atoms with E-state index >= 15 is 0 Å². The Hall–Kier alpha value is -3.08. The lowest BCUT2D eigenvalue weighted by Crippen LogP contribution is -2.24. The van der Waals surface area contributed by atoms with E-state index in [4.69, 9.17) is 9.47 Å². The van der Waals surface area contributed by atoms with Crippen molar-refractivity contribution in [2.45, 2.75) is 13.0 Å². The van der Waals surface area contributed by atoms with Gasteiger partial charge in [0.1, 0.15) is 5.75 Å². The summed E-state index contributed by atoms with van der Waals surface area (Å²) < 4.78 is 10.3. The summed E-state index contributed by atoms with van der Waals surface area (Å²) in [5, 5.41) is 0.815. The lowest BCUT2D eigenvalue weighted by molar-refractivity contribution is 0.0319. The highest BCUT2D eigenvalue weighted by atomic mass is 16.5. The summed E-state index contributed by atoms with van der Waals surface area (Å²) in [5.41, 5.74) is 1.75. The van der Waals surface area contributed by atoms with Crippen molar-refractivity contribution in [3.05, 3.63) is 65.9 Å². The molecule has 0 aliphatic carbocycles. The number of carbonyl (C=O) groups is 2. The number of rotatable bonds is 5. The molecule has 0 aliphatic rings. The van der Waals surface area contributed by atoms with Gasteiger partial charge in [0.15, 0.2) is 6.10 Å². The molecule has 5 nitrogen and oxygen atoms in total. The van der Waals surface area contributed by atoms with Crippen LogP contribution in [0.25, 0.3) is 10.9 Å². The van der Waals surface area contributed by atoms with Crippen molar-refractivity contribution in [2.75, 3.05) is 7.11 Å². The number of benzene rings is 2. The molecular weight excluding hydrogens is 306 g/mol. The Morgan fingerprint density at radius 1 is 1.04 bits per heavy atom. The molecule has 0 saturated carbocycles. The van der Waals surface area contributed by atoms with Crippen LogP contribution in [-0.4, -0.2) is 30.0 Å². The number of fused-ring (bicyclic) bond motifs is 1. The first kappa shape index (κ1) is 15.8. The number of hydrogen-bond acceptors (Lipinski definition) is 4. The summed E-state index contributed by atoms with van der Waals surface area (Å²) in [6, 6.07) is 14.0. The van der Waals surface area contributed by atoms with Crippen LogP contribution in [0, 0.1) is 0 Å². The molecule has 0 bridgehead atoms. The van der Waals surface area contributed by atoms with Crippen molar-refractivity contribution in [3.8, 4) is 5.75 Å². The van der Waals surface area contributed by atoms with Gasteiger partial charge in [-0.15, -0.1) is 0 Å². The number of hydrogen-bond donors (Lipinski definition) is 1. The maximum absolute atomic E-state index is 12.6. The number of ketones is 1. The number of aromatic amines is 1. The summed E-state index contributed by atoms with van der Waals surface area (Å²) in [5.74, 6) is -0.137. The number of H-pyrrole nitrogens is 1. The molecule has 0 amide bonds. The molecule has 1 atom stereocenters. The fraction of sp³-hybridized carbons (Fsp3) is 0.158. The van der Waals surface area contributed by atoms with Crippen LogP contribution in [0.1, 0.15) is 27.6 Å². The predicted octanol–water partition coefficient (Wildman–Crippen LogP) is 3.60. The number of para-hydroxylation sites is 1. The van der Waals surface area contributed by atoms with Gasteiger partial charge in [0.05, 0.1) is 12.7 Å². The zero-order valence-electron chi connectivity index (χ0n) is 13.4. The fourth-order valence-electron chi connectivity index (χ4n) is 2.50. The van der Waals surface area contributed by atoms with Gasteiger partial charge in [0.25, 0.3) is 0 Å². The van der Waals surface area contributed by atoms with E-state index in [1.165, 1.54) is 0 Å². The standard InChI is InChI=1S/C19H17NO4/c1-12(24-19(22)13-7-9-14(23-2)10-8-13)18(21)16-11-20-17-6-4-3-5-15(16)17/h3-12,20H,1-2H3/t12-/m0/s1. The van der Waals surface area contributed by atoms with Gasteiger partial charge in [-0.3, -0.25) is 4.79 Å². The van der Waals surface area contributed by atoms with E-state index in [2.05, 4.69) is 4.98 Å². The van der Waals surface area contributed by atoms with Crippen molar-refractivity contribution in [2.24, 2.45) is 0 Å². The first-order valence-corrected chi connectivity index (χ1v) is 7.55. The van der Waals surface area contributed by atoms with Gasteiger partial charge in [0, 0.05) is 22.7 Å². The molecule has 1 N–H and O–H groups in total. The number of aromatic nitrogens is 1. The quantitative estimate of drug-likeness (QED) is 0.575. The Morgan fingerprint density at radius 3 is 2.46 bits per heavy atom. The second-order valence-electron chi connectivity index (χ2n) is 5.39. The van der Waals surface area contributed by atoms with Gasteiger partial charge in [-0.2, -0.15) is 0 Å². The summed E-state index contributed by atoms with van der Waals surface area (Å²) in [7, 11) is 1.55. The van der Waals surface area contributed by atoms with E-state index < -0.39 is 12.1 Å². The first-order chi connectivity index (χ1) is 11.6. The monoisotopic (exact) mass is 323 g/mol. The smallest absolute Gasteiger partial charge is 0.338 e. The van der Waals surface area contributed by atoms with Crippen LogP contribution in [0.5, 0.6) is 5.75 Å². The van der Waals surface area contributed by atoms with Crippen LogP contribution in [0.15, 0.2) is 54.7 Å². The lowest BCUT2D eigenvalue weighted by Gasteiger charge is -2.12. The number of carbonyl (C=O) groups excluding carboxylic acids is 2. The molecular formula is C19H17NO4. The molecule has 0 spiro atoms. The Kier molecular flexibility index (Phi) is 4.33. The van der Waals surface area contributed by atoms with E-state index in [-0.39, 0.29) is 5.78 Å². The van der Waals surface area contributed by atoms with E-state index in [0.29, 0.717) is 16.9 Å². The number of esters is 1. The van der Waals surface area contributed by atoms with Crippen molar-refractivity contribution in [1.29, 1.82) is 0 Å². The molecule has 1 aromatic heterocycles. The summed E-state index contributed by atoms with van der Waals surface area (Å²) in [6.07, 6.45) is 0.767. The highest BCUT2D eigenvalue weighted by molar-refractivity contribution is 6.10. The molecule has 0 fully saturated rings. The zero-order valence-corrected chi connectivity index (χ0v) is 13.4. The molecule has 1 heterocycles. The lowest BCUT2D eigenvalue weighted by atomic mass is 10.1. The average Bonchev–Trinajstić information content (AvgIpc) is 3.05. The van der Waals surface area contributed by atoms with E-state index in [9.17, 15) is 9.59 Å². The fourth-order valence-corrected chi connectivity index (χ4v) is 2.50. The van der Waals surface area contributed by atoms with Gasteiger partial charge in [-0.05, 0) is 37.3 Å². The molecule has 24 heavy (non-hydrogen) atoms. The molecule has 0 aliphatic heterocycles. The largest absolute Gasteiger partial charge is 0.497 e. The van der Waals surface area contributed by atoms with Crippen molar-refractivity contribution >= 4 is 22.7 Å². The number of Topliss-reactive ketones (excluding diaryl/α,β-unsaturated/α-hetero) is 1. The SMILES string of the molecule is COc1ccc(C(=O)O[C@@H](C)C(=O)c2c[nH]c3ccccc23)cc1. The normalized spacial score (nSPS) is 11.9. The van der Waals surface area contributed by atoms with E-state index in [1.54, 1.807) is 44.5 Å². The first-order valence-electron chi connectivity index (χ1n) is 7.55. The molecule has 5 heteroatoms. The molecule has 0 saturated heterocycles. The Bertz CT molecular complexity index is 880. The third kappa shape index (κ3) is 3.01. The Morgan fingerprint density at radius 2 is 1.75 bits per heavy atom. The molecule has 0 unspecified atom stereocenters. The third-order valence-electron chi connectivity index (χ3n) is 3.83. The molecule has 3 aromatic rings. The highest BCUT2D eigenvalue weighted by Crippen LogP contribution is 2.20. The summed E-state index contributed by atoms with van der Waals surface area (Å²) >= 11 is 0. The molecule has 3 rings (SSSR count). The zero-order chi connectivity index (χ0) is 17.1. The maximum atomic E-state index is 12.6. The minimum Gasteiger partial charge on any atom is -0.497 e. The van der Waals surface area contributed by atoms with Gasteiger partial charge >= 0.3 is 5.97 Å². The van der Waals surface area contributed by atoms with Crippen molar-refractivity contribution in [3.63, 3.8) is 0 Å². The molecule has 122 valence electrons. The topological polar surface area (TPSA) is 68.4 Å². The van der Waals surface area contributed by atoms with Crippen LogP contribution in [0.4, 0.5) is 0 Å². The second kappa shape index (κ2) is 6.58. The summed E-state index contributed by atoms with van der Waals surface area (Å²) in [4.78, 5) is 27.8. The predicted molar refractivity (Wildman–Crippen MR) is 90.5 cm³/mol. The Balaban J connectivity index is 1.74. The van der Waals surface area contributed by atoms with Gasteiger partial charge in [-0.25, -0.2) is 4.79 Å². The van der Waals surface area contributed by atoms with Gasteiger partial charge in [-0.1, -0.05) is 18.2 Å². The van der Waals surface area contributed by atoms with E-state index in [0.717, 1.165) is 10.9 Å². The van der Waals surface area contributed by atoms with Crippen molar-refractivity contribution < 1.29 is 19.1 Å². The maximum Gasteiger partial charge on any atom is 0.338 e. The minimum atomic E-state index is -0.876. The summed E-state index contributed by atoms with van der Waals surface area (Å²) in [6.45, 7) is 1.57. The highest BCUT2D eigenvalue weighted by Gasteiger charge is 2.22. The van der Waals surface area contributed by atoms with Gasteiger partial charge in [0.2, 0.25) is 5.78 Å². The van der Waals surface area contributed by atoms with Gasteiger partial charge < -0.3 is 14.5 Å². The number of ether oxygens (including phenoxy) is 2. The van der Waals surface area contributed by atoms with Crippen LogP contribution in [0.3, 0.4) is 0 Å². The van der Waals surface area contributed by atoms with Crippen LogP contribution >= 0.6 is 0 Å². The third-order valence-corrected chi connectivity index (χ3v) is 3.83. The average molecular weight is 323 g/mol. The van der Waals surface area contributed by atoms with E-state index in [1.807, 2.05) is 24.3 Å². The molecule has 0 radical (unpaired) electrons. The van der Waals surface area contributed by atoms with Crippen LogP contribution < -0.4 is 4.74 Å². The molecule has 2 aromatic carbocycles. The number of nitrogens with one attached hydrogen (secondary N) is 1. The second-order valence-corrected chi connectivity index (χ2v) is 5.39. The van der Waals surface area contributed by atoms with Crippen LogP contribution in [0.2, 0.25) is 0 Å². The van der Waals surface area contributed by atoms with Crippen LogP contribution in [-0.2, 0) is 4.74 Å². The Labute approximate surface area is 139 Å². The number of methoxy groups -OCH3 is 1. The van der Waals surface area contributed by atoms with Crippen molar-refractivity contribution in [1.82, 2.24) is 4.98 Å².